The van der Waals surface area contributed by atoms with Crippen molar-refractivity contribution in [3.05, 3.63) is 6.33 Å². The maximum absolute atomic E-state index is 4.89. The van der Waals surface area contributed by atoms with Gasteiger partial charge in [0.05, 0.1) is 0 Å². The molecule has 0 unspecified atom stereocenters. The van der Waals surface area contributed by atoms with E-state index in [1.165, 1.54) is 0 Å². The molecule has 7 heavy (non-hydrogen) atoms. The van der Waals surface area contributed by atoms with Crippen LogP contribution in [0.2, 0.25) is 0 Å². The second-order valence-electron chi connectivity index (χ2n) is 0.928. The Morgan fingerprint density at radius 2 is 2.71 bits per heavy atom. The van der Waals surface area contributed by atoms with Crippen LogP contribution in [-0.4, -0.2) is 15.2 Å². The summed E-state index contributed by atoms with van der Waals surface area (Å²) in [6.07, 6.45) is 2.28. The van der Waals surface area contributed by atoms with Crippen molar-refractivity contribution < 1.29 is 0 Å². The number of hydrogen-bond acceptors (Lipinski definition) is 4. The molecule has 0 fully saturated rings. The molecule has 0 aliphatic carbocycles. The lowest BCUT2D eigenvalue weighted by Crippen LogP contribution is -2.07. The first-order chi connectivity index (χ1) is 3.43. The lowest BCUT2D eigenvalue weighted by atomic mass is 11.1. The smallest absolute Gasteiger partial charge is 0.233 e. The molecule has 1 radical (unpaired) electrons. The normalized spacial score (nSPS) is 8.71. The Labute approximate surface area is 39.9 Å². The number of nitrogens with one attached hydrogen (secondary N) is 2. The molecule has 0 aromatic carbocycles. The van der Waals surface area contributed by atoms with Crippen LogP contribution in [0.3, 0.4) is 0 Å². The number of hydrazine groups is 1. The first kappa shape index (κ1) is 4.07. The van der Waals surface area contributed by atoms with Crippen molar-refractivity contribution in [1.82, 2.24) is 15.2 Å². The van der Waals surface area contributed by atoms with Crippen LogP contribution >= 0.6 is 0 Å². The average Bonchev–Trinajstić information content (AvgIpc) is 2.14. The number of nitrogens with zero attached hydrogens (tertiary/aromatic N) is 2. The zero-order chi connectivity index (χ0) is 5.11. The summed E-state index contributed by atoms with van der Waals surface area (Å²) in [6, 6.07) is 0. The fourth-order valence-corrected chi connectivity index (χ4v) is 0.243. The van der Waals surface area contributed by atoms with Crippen LogP contribution in [0.1, 0.15) is 0 Å². The van der Waals surface area contributed by atoms with Crippen LogP contribution in [0.5, 0.6) is 0 Å². The number of hydrogen-bond donors (Lipinski definition) is 3. The van der Waals surface area contributed by atoms with Crippen molar-refractivity contribution in [2.45, 2.75) is 0 Å². The molecule has 0 aliphatic heterocycles. The number of rotatable bonds is 1. The van der Waals surface area contributed by atoms with Gasteiger partial charge in [-0.15, -0.1) is 5.10 Å². The molecule has 0 spiro atoms. The highest BCUT2D eigenvalue weighted by Gasteiger charge is 1.83. The van der Waals surface area contributed by atoms with Gasteiger partial charge in [-0.3, -0.25) is 5.43 Å². The van der Waals surface area contributed by atoms with E-state index >= 15 is 0 Å². The zero-order valence-corrected chi connectivity index (χ0v) is 3.47. The van der Waals surface area contributed by atoms with E-state index in [1.54, 1.807) is 0 Å². The zero-order valence-electron chi connectivity index (χ0n) is 3.47. The standard InChI is InChI=1S/C2H4N5/c3-6-2-4-1-5-7-2/h3H2,(H2,4,5,6,7). The monoisotopic (exact) mass is 98.0 g/mol. The lowest BCUT2D eigenvalue weighted by Gasteiger charge is -1.84. The van der Waals surface area contributed by atoms with Gasteiger partial charge in [0.25, 0.3) is 0 Å². The topological polar surface area (TPSA) is 79.6 Å². The van der Waals surface area contributed by atoms with Gasteiger partial charge in [-0.1, -0.05) is 0 Å². The van der Waals surface area contributed by atoms with Crippen LogP contribution in [0.25, 0.3) is 0 Å². The highest BCUT2D eigenvalue weighted by atomic mass is 15.4. The minimum Gasteiger partial charge on any atom is -0.293 e. The van der Waals surface area contributed by atoms with Gasteiger partial charge in [-0.2, -0.15) is 4.98 Å². The number of H-pyrrole nitrogens is 1. The molecule has 0 bridgehead atoms. The van der Waals surface area contributed by atoms with E-state index in [0.717, 1.165) is 0 Å². The first-order valence-corrected chi connectivity index (χ1v) is 1.68. The number of aromatic amines is 1. The molecule has 1 aromatic heterocycles. The van der Waals surface area contributed by atoms with E-state index in [0.29, 0.717) is 5.95 Å². The van der Waals surface area contributed by atoms with E-state index in [1.807, 2.05) is 0 Å². The number of nitrogens with two attached hydrogens (primary N) is 1. The van der Waals surface area contributed by atoms with Crippen molar-refractivity contribution in [1.29, 1.82) is 0 Å². The molecule has 0 saturated heterocycles. The Morgan fingerprint density at radius 1 is 1.86 bits per heavy atom. The summed E-state index contributed by atoms with van der Waals surface area (Å²) in [4.78, 5) is 3.51. The Morgan fingerprint density at radius 3 is 3.00 bits per heavy atom. The summed E-state index contributed by atoms with van der Waals surface area (Å²) in [5.41, 5.74) is 2.25. The van der Waals surface area contributed by atoms with Crippen LogP contribution in [0, 0.1) is 6.33 Å². The highest BCUT2D eigenvalue weighted by molar-refractivity contribution is 5.15. The molecule has 5 nitrogen and oxygen atoms in total. The fourth-order valence-electron chi connectivity index (χ4n) is 0.243. The van der Waals surface area contributed by atoms with E-state index in [-0.39, 0.29) is 0 Å². The molecule has 37 valence electrons. The Hall–Kier alpha value is -1.10. The van der Waals surface area contributed by atoms with Crippen LogP contribution < -0.4 is 11.3 Å². The van der Waals surface area contributed by atoms with Crippen molar-refractivity contribution in [3.8, 4) is 0 Å². The maximum atomic E-state index is 4.89. The summed E-state index contributed by atoms with van der Waals surface area (Å²) in [5, 5.41) is 5.82. The molecular formula is C2H4N5. The Balaban J connectivity index is 2.76. The number of anilines is 1. The molecule has 1 rings (SSSR count). The van der Waals surface area contributed by atoms with Crippen molar-refractivity contribution in [3.63, 3.8) is 0 Å². The first-order valence-electron chi connectivity index (χ1n) is 1.68. The predicted octanol–water partition coefficient (Wildman–Crippen LogP) is -1.11. The van der Waals surface area contributed by atoms with E-state index in [9.17, 15) is 0 Å². The molecule has 0 aliphatic rings. The van der Waals surface area contributed by atoms with Gasteiger partial charge in [0, 0.05) is 0 Å². The molecule has 1 aromatic rings. The van der Waals surface area contributed by atoms with Crippen LogP contribution in [0.4, 0.5) is 5.95 Å². The van der Waals surface area contributed by atoms with Gasteiger partial charge < -0.3 is 0 Å². The second-order valence-corrected chi connectivity index (χ2v) is 0.928. The second kappa shape index (κ2) is 1.57. The van der Waals surface area contributed by atoms with Crippen molar-refractivity contribution >= 4 is 5.95 Å². The quantitative estimate of drug-likeness (QED) is 0.307. The highest BCUT2D eigenvalue weighted by Crippen LogP contribution is 1.83. The lowest BCUT2D eigenvalue weighted by molar-refractivity contribution is 1.07. The van der Waals surface area contributed by atoms with E-state index in [2.05, 4.69) is 26.9 Å². The summed E-state index contributed by atoms with van der Waals surface area (Å²) in [5.74, 6) is 5.31. The number of nitrogen functional groups attached to an aromatic ring is 1. The van der Waals surface area contributed by atoms with Gasteiger partial charge in [0.2, 0.25) is 12.3 Å². The third kappa shape index (κ3) is 0.660. The number of aromatic nitrogens is 3. The minimum absolute atomic E-state index is 0.417. The predicted molar refractivity (Wildman–Crippen MR) is 23.0 cm³/mol. The average molecular weight is 98.1 g/mol. The van der Waals surface area contributed by atoms with Crippen molar-refractivity contribution in [2.24, 2.45) is 5.84 Å². The van der Waals surface area contributed by atoms with Crippen LogP contribution in [-0.2, 0) is 0 Å². The van der Waals surface area contributed by atoms with Gasteiger partial charge in [0.1, 0.15) is 0 Å². The van der Waals surface area contributed by atoms with Gasteiger partial charge >= 0.3 is 0 Å². The molecule has 1 heterocycles. The molecule has 5 heteroatoms. The van der Waals surface area contributed by atoms with E-state index in [4.69, 9.17) is 5.84 Å². The summed E-state index contributed by atoms with van der Waals surface area (Å²) in [7, 11) is 0. The van der Waals surface area contributed by atoms with Gasteiger partial charge in [-0.25, -0.2) is 10.9 Å². The Kier molecular flexibility index (Phi) is 0.910. The Bertz CT molecular complexity index is 121. The van der Waals surface area contributed by atoms with Gasteiger partial charge in [-0.05, 0) is 0 Å². The van der Waals surface area contributed by atoms with Crippen molar-refractivity contribution in [2.75, 3.05) is 5.43 Å². The summed E-state index contributed by atoms with van der Waals surface area (Å²) >= 11 is 0. The molecule has 0 saturated carbocycles. The largest absolute Gasteiger partial charge is 0.293 e. The van der Waals surface area contributed by atoms with E-state index < -0.39 is 0 Å². The summed E-state index contributed by atoms with van der Waals surface area (Å²) < 4.78 is 0. The van der Waals surface area contributed by atoms with Crippen LogP contribution in [0.15, 0.2) is 0 Å². The molecular weight excluding hydrogens is 94.1 g/mol. The third-order valence-electron chi connectivity index (χ3n) is 0.510. The molecule has 0 amide bonds. The maximum Gasteiger partial charge on any atom is 0.233 e. The summed E-state index contributed by atoms with van der Waals surface area (Å²) in [6.45, 7) is 0. The third-order valence-corrected chi connectivity index (χ3v) is 0.510. The molecule has 0 atom stereocenters. The SMILES string of the molecule is NNc1n[c]n[nH]1. The van der Waals surface area contributed by atoms with Gasteiger partial charge in [0.15, 0.2) is 0 Å². The molecule has 4 N–H and O–H groups in total. The fraction of sp³-hybridized carbons (Fsp3) is 0. The minimum atomic E-state index is 0.417.